The molecule has 1 unspecified atom stereocenters. The Kier molecular flexibility index (Phi) is 5.68. The van der Waals surface area contributed by atoms with Crippen molar-refractivity contribution in [1.82, 2.24) is 14.9 Å². The third kappa shape index (κ3) is 4.30. The van der Waals surface area contributed by atoms with Crippen LogP contribution < -0.4 is 14.2 Å². The van der Waals surface area contributed by atoms with E-state index < -0.39 is 0 Å². The van der Waals surface area contributed by atoms with E-state index in [9.17, 15) is 4.79 Å². The highest BCUT2D eigenvalue weighted by molar-refractivity contribution is 5.92. The average Bonchev–Trinajstić information content (AvgIpc) is 3.15. The van der Waals surface area contributed by atoms with Crippen LogP contribution in [0, 0.1) is 0 Å². The summed E-state index contributed by atoms with van der Waals surface area (Å²) in [6.07, 6.45) is 8.78. The summed E-state index contributed by atoms with van der Waals surface area (Å²) in [6, 6.07) is 5.51. The first-order valence-electron chi connectivity index (χ1n) is 8.31. The van der Waals surface area contributed by atoms with Gasteiger partial charge in [0.1, 0.15) is 6.10 Å². The van der Waals surface area contributed by atoms with Gasteiger partial charge in [0.2, 0.25) is 11.8 Å². The van der Waals surface area contributed by atoms with Crippen molar-refractivity contribution >= 4 is 12.0 Å². The SMILES string of the molecule is COc1ccc(/C=C/C(=O)N2CCC(Oc3cnccn3)C2)cc1OC. The Hall–Kier alpha value is -3.09. The molecule has 3 rings (SSSR count). The van der Waals surface area contributed by atoms with Crippen LogP contribution in [0.4, 0.5) is 0 Å². The number of methoxy groups -OCH3 is 2. The fourth-order valence-electron chi connectivity index (χ4n) is 2.77. The number of hydrogen-bond acceptors (Lipinski definition) is 6. The molecule has 1 aliphatic heterocycles. The molecule has 0 radical (unpaired) electrons. The second-order valence-electron chi connectivity index (χ2n) is 5.80. The van der Waals surface area contributed by atoms with Gasteiger partial charge in [-0.25, -0.2) is 4.98 Å². The molecule has 1 aromatic carbocycles. The van der Waals surface area contributed by atoms with Crippen LogP contribution in [0.2, 0.25) is 0 Å². The first-order chi connectivity index (χ1) is 12.7. The molecule has 1 saturated heterocycles. The minimum absolute atomic E-state index is 0.0509. The Morgan fingerprint density at radius 1 is 1.23 bits per heavy atom. The first-order valence-corrected chi connectivity index (χ1v) is 8.31. The number of aromatic nitrogens is 2. The van der Waals surface area contributed by atoms with Crippen LogP contribution >= 0.6 is 0 Å². The van der Waals surface area contributed by atoms with E-state index in [1.807, 2.05) is 18.2 Å². The van der Waals surface area contributed by atoms with E-state index in [1.165, 1.54) is 0 Å². The van der Waals surface area contributed by atoms with Crippen molar-refractivity contribution in [2.75, 3.05) is 27.3 Å². The highest BCUT2D eigenvalue weighted by Crippen LogP contribution is 2.28. The Bertz CT molecular complexity index is 780. The second kappa shape index (κ2) is 8.33. The highest BCUT2D eigenvalue weighted by atomic mass is 16.5. The van der Waals surface area contributed by atoms with Gasteiger partial charge in [0.05, 0.1) is 27.0 Å². The number of nitrogens with zero attached hydrogens (tertiary/aromatic N) is 3. The molecule has 1 fully saturated rings. The van der Waals surface area contributed by atoms with E-state index >= 15 is 0 Å². The standard InChI is InChI=1S/C19H21N3O4/c1-24-16-5-3-14(11-17(16)25-2)4-6-19(23)22-10-7-15(13-22)26-18-12-20-8-9-21-18/h3-6,8-9,11-12,15H,7,10,13H2,1-2H3/b6-4+. The predicted octanol–water partition coefficient (Wildman–Crippen LogP) is 2.19. The number of carbonyl (C=O) groups is 1. The van der Waals surface area contributed by atoms with Gasteiger partial charge in [0.25, 0.3) is 0 Å². The molecule has 26 heavy (non-hydrogen) atoms. The maximum Gasteiger partial charge on any atom is 0.246 e. The maximum absolute atomic E-state index is 12.4. The number of benzene rings is 1. The van der Waals surface area contributed by atoms with Gasteiger partial charge in [-0.3, -0.25) is 9.78 Å². The van der Waals surface area contributed by atoms with Gasteiger partial charge in [-0.1, -0.05) is 6.07 Å². The van der Waals surface area contributed by atoms with Crippen LogP contribution in [-0.4, -0.2) is 54.2 Å². The van der Waals surface area contributed by atoms with Gasteiger partial charge in [-0.05, 0) is 23.8 Å². The lowest BCUT2D eigenvalue weighted by Crippen LogP contribution is -2.29. The molecule has 2 heterocycles. The van der Waals surface area contributed by atoms with E-state index in [-0.39, 0.29) is 12.0 Å². The van der Waals surface area contributed by atoms with Crippen LogP contribution in [0.5, 0.6) is 17.4 Å². The van der Waals surface area contributed by atoms with Crippen LogP contribution in [0.25, 0.3) is 6.08 Å². The van der Waals surface area contributed by atoms with Crippen LogP contribution in [0.1, 0.15) is 12.0 Å². The lowest BCUT2D eigenvalue weighted by atomic mass is 10.2. The summed E-state index contributed by atoms with van der Waals surface area (Å²) in [7, 11) is 3.17. The Morgan fingerprint density at radius 3 is 2.81 bits per heavy atom. The first kappa shape index (κ1) is 17.7. The molecular weight excluding hydrogens is 334 g/mol. The minimum atomic E-state index is -0.0647. The molecule has 136 valence electrons. The fraction of sp³-hybridized carbons (Fsp3) is 0.316. The minimum Gasteiger partial charge on any atom is -0.493 e. The van der Waals surface area contributed by atoms with Gasteiger partial charge in [0.15, 0.2) is 11.5 Å². The zero-order chi connectivity index (χ0) is 18.4. The van der Waals surface area contributed by atoms with E-state index in [2.05, 4.69) is 9.97 Å². The summed E-state index contributed by atoms with van der Waals surface area (Å²) in [5.41, 5.74) is 0.863. The van der Waals surface area contributed by atoms with E-state index in [4.69, 9.17) is 14.2 Å². The molecular formula is C19H21N3O4. The Morgan fingerprint density at radius 2 is 2.08 bits per heavy atom. The summed E-state index contributed by atoms with van der Waals surface area (Å²) >= 11 is 0. The number of carbonyl (C=O) groups excluding carboxylic acids is 1. The van der Waals surface area contributed by atoms with Gasteiger partial charge in [-0.15, -0.1) is 0 Å². The highest BCUT2D eigenvalue weighted by Gasteiger charge is 2.26. The van der Waals surface area contributed by atoms with Gasteiger partial charge < -0.3 is 19.1 Å². The lowest BCUT2D eigenvalue weighted by molar-refractivity contribution is -0.125. The number of hydrogen-bond donors (Lipinski definition) is 0. The molecule has 7 nitrogen and oxygen atoms in total. The zero-order valence-corrected chi connectivity index (χ0v) is 14.8. The normalized spacial score (nSPS) is 16.7. The molecule has 0 aliphatic carbocycles. The van der Waals surface area contributed by atoms with Crippen molar-refractivity contribution in [2.24, 2.45) is 0 Å². The largest absolute Gasteiger partial charge is 0.493 e. The van der Waals surface area contributed by atoms with Crippen LogP contribution in [-0.2, 0) is 4.79 Å². The van der Waals surface area contributed by atoms with Crippen molar-refractivity contribution in [1.29, 1.82) is 0 Å². The quantitative estimate of drug-likeness (QED) is 0.740. The molecule has 1 amide bonds. The molecule has 0 saturated carbocycles. The topological polar surface area (TPSA) is 73.8 Å². The molecule has 7 heteroatoms. The monoisotopic (exact) mass is 355 g/mol. The number of ether oxygens (including phenoxy) is 3. The predicted molar refractivity (Wildman–Crippen MR) is 96.2 cm³/mol. The van der Waals surface area contributed by atoms with Gasteiger partial charge >= 0.3 is 0 Å². The van der Waals surface area contributed by atoms with Crippen molar-refractivity contribution in [2.45, 2.75) is 12.5 Å². The van der Waals surface area contributed by atoms with E-state index in [0.29, 0.717) is 30.5 Å². The summed E-state index contributed by atoms with van der Waals surface area (Å²) in [5.74, 6) is 1.71. The van der Waals surface area contributed by atoms with Crippen molar-refractivity contribution in [3.8, 4) is 17.4 Å². The van der Waals surface area contributed by atoms with Crippen LogP contribution in [0.3, 0.4) is 0 Å². The van der Waals surface area contributed by atoms with Crippen molar-refractivity contribution in [3.05, 3.63) is 48.4 Å². The van der Waals surface area contributed by atoms with Crippen molar-refractivity contribution in [3.63, 3.8) is 0 Å². The van der Waals surface area contributed by atoms with E-state index in [0.717, 1.165) is 12.0 Å². The lowest BCUT2D eigenvalue weighted by Gasteiger charge is -2.15. The maximum atomic E-state index is 12.4. The molecule has 1 atom stereocenters. The van der Waals surface area contributed by atoms with Gasteiger partial charge in [-0.2, -0.15) is 0 Å². The van der Waals surface area contributed by atoms with Gasteiger partial charge in [0, 0.05) is 31.4 Å². The molecule has 2 aromatic rings. The van der Waals surface area contributed by atoms with Crippen molar-refractivity contribution < 1.29 is 19.0 Å². The third-order valence-electron chi connectivity index (χ3n) is 4.11. The average molecular weight is 355 g/mol. The number of rotatable bonds is 6. The summed E-state index contributed by atoms with van der Waals surface area (Å²) < 4.78 is 16.2. The second-order valence-corrected chi connectivity index (χ2v) is 5.80. The molecule has 1 aliphatic rings. The molecule has 0 N–H and O–H groups in total. The number of likely N-dealkylation sites (tertiary alicyclic amines) is 1. The Labute approximate surface area is 152 Å². The summed E-state index contributed by atoms with van der Waals surface area (Å²) in [4.78, 5) is 22.2. The Balaban J connectivity index is 1.57. The summed E-state index contributed by atoms with van der Waals surface area (Å²) in [6.45, 7) is 1.19. The summed E-state index contributed by atoms with van der Waals surface area (Å²) in [5, 5.41) is 0. The molecule has 0 bridgehead atoms. The molecule has 0 spiro atoms. The van der Waals surface area contributed by atoms with E-state index in [1.54, 1.807) is 49.9 Å². The zero-order valence-electron chi connectivity index (χ0n) is 14.8. The third-order valence-corrected chi connectivity index (χ3v) is 4.11. The number of amides is 1. The molecule has 1 aromatic heterocycles. The fourth-order valence-corrected chi connectivity index (χ4v) is 2.77. The van der Waals surface area contributed by atoms with Crippen LogP contribution in [0.15, 0.2) is 42.9 Å². The smallest absolute Gasteiger partial charge is 0.246 e.